The van der Waals surface area contributed by atoms with Gasteiger partial charge in [-0.05, 0) is 51.8 Å². The molecule has 2 rings (SSSR count). The Morgan fingerprint density at radius 3 is 2.37 bits per heavy atom. The molecular weight excluding hydrogens is 405 g/mol. The molecule has 1 fully saturated rings. The number of nitrogens with zero attached hydrogens (tertiary/aromatic N) is 1. The lowest BCUT2D eigenvalue weighted by molar-refractivity contribution is -0.137. The van der Waals surface area contributed by atoms with E-state index in [0.717, 1.165) is 10.4 Å². The summed E-state index contributed by atoms with van der Waals surface area (Å²) in [5.41, 5.74) is -1.58. The molecule has 0 aliphatic carbocycles. The molecule has 27 heavy (non-hydrogen) atoms. The summed E-state index contributed by atoms with van der Waals surface area (Å²) < 4.78 is 65.5. The zero-order chi connectivity index (χ0) is 20.6. The molecule has 1 atom stereocenters. The van der Waals surface area contributed by atoms with Crippen LogP contribution in [0.5, 0.6) is 0 Å². The van der Waals surface area contributed by atoms with E-state index in [9.17, 15) is 26.4 Å². The number of piperidine rings is 1. The third-order valence-corrected chi connectivity index (χ3v) is 6.49. The van der Waals surface area contributed by atoms with Crippen molar-refractivity contribution in [2.24, 2.45) is 0 Å². The van der Waals surface area contributed by atoms with E-state index < -0.39 is 49.2 Å². The summed E-state index contributed by atoms with van der Waals surface area (Å²) in [6.07, 6.45) is -3.07. The van der Waals surface area contributed by atoms with Crippen molar-refractivity contribution in [3.05, 3.63) is 28.8 Å². The van der Waals surface area contributed by atoms with Crippen LogP contribution in [0.1, 0.15) is 45.6 Å². The number of hydrogen-bond donors (Lipinski definition) is 1. The molecule has 0 radical (unpaired) electrons. The van der Waals surface area contributed by atoms with Crippen molar-refractivity contribution in [1.82, 2.24) is 9.62 Å². The predicted octanol–water partition coefficient (Wildman–Crippen LogP) is 3.82. The van der Waals surface area contributed by atoms with E-state index in [1.54, 1.807) is 20.8 Å². The molecule has 1 heterocycles. The standard InChI is InChI=1S/C17H22ClF3N2O3S/c1-16(2,3)22-15(24)13-6-4-5-9-23(13)27(25,26)14-8-7-11(10-12(14)18)17(19,20)21/h7-8,10,13H,4-6,9H2,1-3H3,(H,22,24)/t13-/m1/s1. The lowest BCUT2D eigenvalue weighted by Crippen LogP contribution is -2.55. The van der Waals surface area contributed by atoms with Gasteiger partial charge in [0.25, 0.3) is 0 Å². The van der Waals surface area contributed by atoms with E-state index in [1.807, 2.05) is 0 Å². The summed E-state index contributed by atoms with van der Waals surface area (Å²) in [6, 6.07) is 1.17. The van der Waals surface area contributed by atoms with Crippen LogP contribution in [0.4, 0.5) is 13.2 Å². The number of amides is 1. The van der Waals surface area contributed by atoms with E-state index in [4.69, 9.17) is 11.6 Å². The number of benzene rings is 1. The summed E-state index contributed by atoms with van der Waals surface area (Å²) >= 11 is 5.87. The zero-order valence-corrected chi connectivity index (χ0v) is 16.8. The second-order valence-corrected chi connectivity index (χ2v) is 9.78. The third-order valence-electron chi connectivity index (χ3n) is 4.10. The van der Waals surface area contributed by atoms with Crippen LogP contribution in [0.25, 0.3) is 0 Å². The fraction of sp³-hybridized carbons (Fsp3) is 0.588. The van der Waals surface area contributed by atoms with Crippen LogP contribution in [0.3, 0.4) is 0 Å². The lowest BCUT2D eigenvalue weighted by atomic mass is 10.0. The Bertz CT molecular complexity index is 820. The average molecular weight is 427 g/mol. The predicted molar refractivity (Wildman–Crippen MR) is 95.9 cm³/mol. The third kappa shape index (κ3) is 5.14. The Labute approximate surface area is 161 Å². The minimum Gasteiger partial charge on any atom is -0.350 e. The highest BCUT2D eigenvalue weighted by molar-refractivity contribution is 7.89. The van der Waals surface area contributed by atoms with E-state index in [-0.39, 0.29) is 6.54 Å². The Morgan fingerprint density at radius 2 is 1.85 bits per heavy atom. The number of carbonyl (C=O) groups is 1. The molecule has 1 aromatic carbocycles. The Balaban J connectivity index is 2.39. The Hall–Kier alpha value is -1.32. The van der Waals surface area contributed by atoms with Gasteiger partial charge in [0.1, 0.15) is 10.9 Å². The molecular formula is C17H22ClF3N2O3S. The monoisotopic (exact) mass is 426 g/mol. The van der Waals surface area contributed by atoms with Crippen molar-refractivity contribution in [1.29, 1.82) is 0 Å². The molecule has 1 aromatic rings. The van der Waals surface area contributed by atoms with Gasteiger partial charge in [0.05, 0.1) is 10.6 Å². The van der Waals surface area contributed by atoms with Crippen molar-refractivity contribution in [2.45, 2.75) is 62.7 Å². The Morgan fingerprint density at radius 1 is 1.22 bits per heavy atom. The fourth-order valence-corrected chi connectivity index (χ4v) is 5.10. The largest absolute Gasteiger partial charge is 0.416 e. The van der Waals surface area contributed by atoms with Crippen LogP contribution >= 0.6 is 11.6 Å². The highest BCUT2D eigenvalue weighted by Crippen LogP contribution is 2.35. The van der Waals surface area contributed by atoms with Gasteiger partial charge in [0, 0.05) is 12.1 Å². The second-order valence-electron chi connectivity index (χ2n) is 7.51. The van der Waals surface area contributed by atoms with Crippen LogP contribution in [-0.4, -0.2) is 36.8 Å². The first-order valence-corrected chi connectivity index (χ1v) is 10.3. The van der Waals surface area contributed by atoms with Crippen LogP contribution in [0.15, 0.2) is 23.1 Å². The van der Waals surface area contributed by atoms with Gasteiger partial charge in [0.15, 0.2) is 0 Å². The molecule has 1 N–H and O–H groups in total. The van der Waals surface area contributed by atoms with Crippen molar-refractivity contribution in [3.63, 3.8) is 0 Å². The lowest BCUT2D eigenvalue weighted by Gasteiger charge is -2.35. The summed E-state index contributed by atoms with van der Waals surface area (Å²) in [4.78, 5) is 12.1. The molecule has 1 amide bonds. The smallest absolute Gasteiger partial charge is 0.350 e. The molecule has 0 saturated carbocycles. The number of alkyl halides is 3. The molecule has 0 aromatic heterocycles. The molecule has 1 aliphatic rings. The quantitative estimate of drug-likeness (QED) is 0.799. The highest BCUT2D eigenvalue weighted by Gasteiger charge is 2.40. The summed E-state index contributed by atoms with van der Waals surface area (Å²) in [5, 5.41) is 2.24. The molecule has 5 nitrogen and oxygen atoms in total. The van der Waals surface area contributed by atoms with Crippen LogP contribution < -0.4 is 5.32 Å². The first-order valence-electron chi connectivity index (χ1n) is 8.44. The van der Waals surface area contributed by atoms with E-state index in [2.05, 4.69) is 5.32 Å². The van der Waals surface area contributed by atoms with Gasteiger partial charge in [-0.2, -0.15) is 17.5 Å². The fourth-order valence-electron chi connectivity index (χ4n) is 2.92. The second kappa shape index (κ2) is 7.60. The van der Waals surface area contributed by atoms with Gasteiger partial charge < -0.3 is 5.32 Å². The molecule has 0 unspecified atom stereocenters. The molecule has 152 valence electrons. The topological polar surface area (TPSA) is 66.5 Å². The number of halogens is 4. The molecule has 0 spiro atoms. The number of rotatable bonds is 3. The maximum atomic E-state index is 13.0. The number of nitrogens with one attached hydrogen (secondary N) is 1. The molecule has 10 heteroatoms. The SMILES string of the molecule is CC(C)(C)NC(=O)[C@H]1CCCCN1S(=O)(=O)c1ccc(C(F)(F)F)cc1Cl. The van der Waals surface area contributed by atoms with E-state index in [1.165, 1.54) is 0 Å². The van der Waals surface area contributed by atoms with Gasteiger partial charge >= 0.3 is 6.18 Å². The number of carbonyl (C=O) groups excluding carboxylic acids is 1. The van der Waals surface area contributed by atoms with Gasteiger partial charge in [-0.15, -0.1) is 0 Å². The zero-order valence-electron chi connectivity index (χ0n) is 15.2. The van der Waals surface area contributed by atoms with Gasteiger partial charge in [0.2, 0.25) is 15.9 Å². The molecule has 1 aliphatic heterocycles. The van der Waals surface area contributed by atoms with Crippen molar-refractivity contribution >= 4 is 27.5 Å². The minimum absolute atomic E-state index is 0.0991. The normalized spacial score (nSPS) is 19.7. The summed E-state index contributed by atoms with van der Waals surface area (Å²) in [6.45, 7) is 5.43. The maximum Gasteiger partial charge on any atom is 0.416 e. The summed E-state index contributed by atoms with van der Waals surface area (Å²) in [5.74, 6) is -0.436. The maximum absolute atomic E-state index is 13.0. The Kier molecular flexibility index (Phi) is 6.18. The highest BCUT2D eigenvalue weighted by atomic mass is 35.5. The number of sulfonamides is 1. The van der Waals surface area contributed by atoms with E-state index >= 15 is 0 Å². The van der Waals surface area contributed by atoms with Crippen LogP contribution in [-0.2, 0) is 21.0 Å². The van der Waals surface area contributed by atoms with Crippen molar-refractivity contribution in [3.8, 4) is 0 Å². The summed E-state index contributed by atoms with van der Waals surface area (Å²) in [7, 11) is -4.23. The van der Waals surface area contributed by atoms with E-state index in [0.29, 0.717) is 31.4 Å². The van der Waals surface area contributed by atoms with Crippen molar-refractivity contribution < 1.29 is 26.4 Å². The van der Waals surface area contributed by atoms with Crippen molar-refractivity contribution in [2.75, 3.05) is 6.54 Å². The van der Waals surface area contributed by atoms with Gasteiger partial charge in [-0.25, -0.2) is 8.42 Å². The molecule has 1 saturated heterocycles. The van der Waals surface area contributed by atoms with Gasteiger partial charge in [-0.3, -0.25) is 4.79 Å². The average Bonchev–Trinajstić information content (AvgIpc) is 2.52. The van der Waals surface area contributed by atoms with Crippen LogP contribution in [0, 0.1) is 0 Å². The molecule has 0 bridgehead atoms. The first kappa shape index (κ1) is 22.0. The first-order chi connectivity index (χ1) is 12.2. The minimum atomic E-state index is -4.63. The van der Waals surface area contributed by atoms with Crippen LogP contribution in [0.2, 0.25) is 5.02 Å². The number of hydrogen-bond acceptors (Lipinski definition) is 3. The van der Waals surface area contributed by atoms with Gasteiger partial charge in [-0.1, -0.05) is 18.0 Å².